The quantitative estimate of drug-likeness (QED) is 0.373. The number of epoxide rings is 1. The molecule has 0 amide bonds. The van der Waals surface area contributed by atoms with Gasteiger partial charge in [-0.15, -0.1) is 0 Å². The molecule has 0 radical (unpaired) electrons. The molecule has 1 aliphatic rings. The van der Waals surface area contributed by atoms with E-state index in [2.05, 4.69) is 0 Å². The molecule has 19 heavy (non-hydrogen) atoms. The molecule has 0 spiro atoms. The standard InChI is InChI=1S/C11H21F3O4Si/c1-9(11(12,13)14)19(15-2,16-3)6-4-5-17-7-10-8-18-10/h9-10H,4-8H2,1-3H3. The Morgan fingerprint density at radius 2 is 1.89 bits per heavy atom. The van der Waals surface area contributed by atoms with Gasteiger partial charge in [-0.1, -0.05) is 6.92 Å². The van der Waals surface area contributed by atoms with Gasteiger partial charge in [-0.05, 0) is 12.5 Å². The van der Waals surface area contributed by atoms with Gasteiger partial charge in [-0.3, -0.25) is 0 Å². The van der Waals surface area contributed by atoms with E-state index in [0.717, 1.165) is 6.92 Å². The summed E-state index contributed by atoms with van der Waals surface area (Å²) in [5, 5.41) is 0. The predicted molar refractivity (Wildman–Crippen MR) is 65.2 cm³/mol. The number of ether oxygens (including phenoxy) is 2. The Labute approximate surface area is 112 Å². The van der Waals surface area contributed by atoms with E-state index >= 15 is 0 Å². The Hall–Kier alpha value is -0.153. The molecule has 0 aromatic carbocycles. The fourth-order valence-electron chi connectivity index (χ4n) is 1.91. The van der Waals surface area contributed by atoms with Crippen LogP contribution in [0.3, 0.4) is 0 Å². The largest absolute Gasteiger partial charge is 0.397 e. The van der Waals surface area contributed by atoms with Gasteiger partial charge in [0.05, 0.1) is 18.8 Å². The van der Waals surface area contributed by atoms with Crippen molar-refractivity contribution in [2.24, 2.45) is 0 Å². The van der Waals surface area contributed by atoms with Gasteiger partial charge in [0.25, 0.3) is 0 Å². The molecule has 4 nitrogen and oxygen atoms in total. The van der Waals surface area contributed by atoms with Gasteiger partial charge in [0, 0.05) is 20.8 Å². The highest BCUT2D eigenvalue weighted by atomic mass is 28.4. The van der Waals surface area contributed by atoms with E-state index in [-0.39, 0.29) is 12.1 Å². The van der Waals surface area contributed by atoms with Crippen molar-refractivity contribution in [2.75, 3.05) is 34.0 Å². The second-order valence-corrected chi connectivity index (χ2v) is 8.42. The van der Waals surface area contributed by atoms with Crippen LogP contribution in [-0.2, 0) is 18.3 Å². The van der Waals surface area contributed by atoms with Crippen LogP contribution in [0.2, 0.25) is 11.6 Å². The zero-order chi connectivity index (χ0) is 14.5. The number of halogens is 3. The first kappa shape index (κ1) is 16.9. The molecule has 0 bridgehead atoms. The van der Waals surface area contributed by atoms with E-state index in [4.69, 9.17) is 18.3 Å². The molecular formula is C11H21F3O4Si. The van der Waals surface area contributed by atoms with Crippen LogP contribution in [0.4, 0.5) is 13.2 Å². The van der Waals surface area contributed by atoms with Crippen LogP contribution in [0.5, 0.6) is 0 Å². The Balaban J connectivity index is 2.40. The monoisotopic (exact) mass is 302 g/mol. The molecule has 0 N–H and O–H groups in total. The average molecular weight is 302 g/mol. The Kier molecular flexibility index (Phi) is 6.25. The minimum absolute atomic E-state index is 0.168. The van der Waals surface area contributed by atoms with Crippen LogP contribution in [-0.4, -0.2) is 54.9 Å². The summed E-state index contributed by atoms with van der Waals surface area (Å²) in [6.45, 7) is 2.73. The van der Waals surface area contributed by atoms with E-state index in [1.54, 1.807) is 0 Å². The van der Waals surface area contributed by atoms with Crippen LogP contribution < -0.4 is 0 Å². The van der Waals surface area contributed by atoms with Crippen molar-refractivity contribution in [1.82, 2.24) is 0 Å². The molecule has 1 saturated heterocycles. The highest BCUT2D eigenvalue weighted by Gasteiger charge is 2.54. The summed E-state index contributed by atoms with van der Waals surface area (Å²) in [4.78, 5) is 0. The van der Waals surface area contributed by atoms with Crippen LogP contribution in [0, 0.1) is 0 Å². The SMILES string of the molecule is CO[Si](CCCOCC1CO1)(OC)C(C)C(F)(F)F. The van der Waals surface area contributed by atoms with E-state index in [9.17, 15) is 13.2 Å². The molecule has 0 saturated carbocycles. The third-order valence-electron chi connectivity index (χ3n) is 3.36. The third kappa shape index (κ3) is 5.03. The number of hydrogen-bond acceptors (Lipinski definition) is 4. The summed E-state index contributed by atoms with van der Waals surface area (Å²) in [7, 11) is -0.703. The van der Waals surface area contributed by atoms with Gasteiger partial charge in [-0.25, -0.2) is 0 Å². The summed E-state index contributed by atoms with van der Waals surface area (Å²) < 4.78 is 59.0. The second kappa shape index (κ2) is 7.03. The van der Waals surface area contributed by atoms with E-state index < -0.39 is 20.3 Å². The summed E-state index contributed by atoms with van der Waals surface area (Å²) in [6.07, 6.45) is -3.65. The maximum Gasteiger partial charge on any atom is 0.393 e. The van der Waals surface area contributed by atoms with Crippen LogP contribution in [0.1, 0.15) is 13.3 Å². The topological polar surface area (TPSA) is 40.2 Å². The number of hydrogen-bond donors (Lipinski definition) is 0. The van der Waals surface area contributed by atoms with Gasteiger partial charge in [0.2, 0.25) is 0 Å². The summed E-state index contributed by atoms with van der Waals surface area (Å²) >= 11 is 0. The van der Waals surface area contributed by atoms with Gasteiger partial charge in [0.1, 0.15) is 6.10 Å². The maximum absolute atomic E-state index is 12.8. The number of alkyl halides is 3. The van der Waals surface area contributed by atoms with Gasteiger partial charge >= 0.3 is 14.7 Å². The summed E-state index contributed by atoms with van der Waals surface area (Å²) in [5.41, 5.74) is -1.57. The van der Waals surface area contributed by atoms with Gasteiger partial charge in [0.15, 0.2) is 0 Å². The molecule has 1 aliphatic heterocycles. The Morgan fingerprint density at radius 3 is 2.32 bits per heavy atom. The zero-order valence-electron chi connectivity index (χ0n) is 11.5. The molecule has 1 heterocycles. The summed E-state index contributed by atoms with van der Waals surface area (Å²) in [6, 6.07) is 0.256. The lowest BCUT2D eigenvalue weighted by molar-refractivity contribution is -0.138. The molecule has 0 aliphatic carbocycles. The minimum atomic E-state index is -4.30. The molecule has 0 aromatic heterocycles. The molecule has 1 fully saturated rings. The van der Waals surface area contributed by atoms with Crippen molar-refractivity contribution in [3.63, 3.8) is 0 Å². The average Bonchev–Trinajstić information content (AvgIpc) is 3.16. The van der Waals surface area contributed by atoms with Gasteiger partial charge in [-0.2, -0.15) is 13.2 Å². The van der Waals surface area contributed by atoms with E-state index in [1.165, 1.54) is 14.2 Å². The van der Waals surface area contributed by atoms with Crippen molar-refractivity contribution in [1.29, 1.82) is 0 Å². The lowest BCUT2D eigenvalue weighted by Gasteiger charge is -2.34. The van der Waals surface area contributed by atoms with E-state index in [1.807, 2.05) is 0 Å². The van der Waals surface area contributed by atoms with Crippen molar-refractivity contribution in [2.45, 2.75) is 37.2 Å². The molecule has 2 atom stereocenters. The van der Waals surface area contributed by atoms with Gasteiger partial charge < -0.3 is 18.3 Å². The molecule has 114 valence electrons. The second-order valence-electron chi connectivity index (χ2n) is 4.62. The fraction of sp³-hybridized carbons (Fsp3) is 1.00. The zero-order valence-corrected chi connectivity index (χ0v) is 12.5. The third-order valence-corrected chi connectivity index (χ3v) is 7.44. The first-order valence-corrected chi connectivity index (χ1v) is 8.32. The predicted octanol–water partition coefficient (Wildman–Crippen LogP) is 2.48. The molecule has 1 rings (SSSR count). The van der Waals surface area contributed by atoms with Crippen molar-refractivity contribution in [3.05, 3.63) is 0 Å². The maximum atomic E-state index is 12.8. The lowest BCUT2D eigenvalue weighted by Crippen LogP contribution is -2.49. The van der Waals surface area contributed by atoms with Crippen LogP contribution in [0.15, 0.2) is 0 Å². The normalized spacial score (nSPS) is 21.5. The fourth-order valence-corrected chi connectivity index (χ4v) is 4.76. The Morgan fingerprint density at radius 1 is 1.32 bits per heavy atom. The van der Waals surface area contributed by atoms with Crippen LogP contribution in [0.25, 0.3) is 0 Å². The highest BCUT2D eigenvalue weighted by molar-refractivity contribution is 6.69. The van der Waals surface area contributed by atoms with Crippen molar-refractivity contribution < 1.29 is 31.5 Å². The van der Waals surface area contributed by atoms with Crippen molar-refractivity contribution in [3.8, 4) is 0 Å². The smallest absolute Gasteiger partial charge is 0.393 e. The number of rotatable bonds is 9. The lowest BCUT2D eigenvalue weighted by atomic mass is 10.5. The highest BCUT2D eigenvalue weighted by Crippen LogP contribution is 2.41. The molecule has 8 heteroatoms. The summed E-state index contributed by atoms with van der Waals surface area (Å²) in [5.74, 6) is 0. The van der Waals surface area contributed by atoms with Crippen LogP contribution >= 0.6 is 0 Å². The first-order valence-electron chi connectivity index (χ1n) is 6.22. The minimum Gasteiger partial charge on any atom is -0.397 e. The van der Waals surface area contributed by atoms with E-state index in [0.29, 0.717) is 26.2 Å². The molecule has 2 unspecified atom stereocenters. The first-order chi connectivity index (χ1) is 8.85. The Bertz CT molecular complexity index is 267. The molecular weight excluding hydrogens is 281 g/mol. The van der Waals surface area contributed by atoms with Crippen molar-refractivity contribution >= 4 is 8.56 Å². The molecule has 0 aromatic rings.